The van der Waals surface area contributed by atoms with Gasteiger partial charge in [-0.15, -0.1) is 11.3 Å². The molecule has 0 atom stereocenters. The van der Waals surface area contributed by atoms with Crippen LogP contribution in [0, 0.1) is 11.3 Å². The van der Waals surface area contributed by atoms with Crippen LogP contribution < -0.4 is 5.32 Å². The first-order valence-corrected chi connectivity index (χ1v) is 12.0. The Morgan fingerprint density at radius 3 is 2.50 bits per heavy atom. The van der Waals surface area contributed by atoms with Crippen molar-refractivity contribution >= 4 is 80.0 Å². The van der Waals surface area contributed by atoms with Gasteiger partial charge >= 0.3 is 0 Å². The van der Waals surface area contributed by atoms with Gasteiger partial charge in [-0.25, -0.2) is 4.98 Å². The van der Waals surface area contributed by atoms with Gasteiger partial charge in [0, 0.05) is 10.6 Å². The van der Waals surface area contributed by atoms with Crippen LogP contribution in [0.5, 0.6) is 0 Å². The molecule has 0 fully saturated rings. The Balaban J connectivity index is 1.72. The summed E-state index contributed by atoms with van der Waals surface area (Å²) in [4.78, 5) is 18.3. The van der Waals surface area contributed by atoms with Crippen molar-refractivity contribution in [2.75, 3.05) is 5.32 Å². The largest absolute Gasteiger partial charge is 0.312 e. The van der Waals surface area contributed by atoms with Crippen LogP contribution in [-0.2, 0) is 0 Å². The molecule has 0 aliphatic heterocycles. The standard InChI is InChI=1S/C23H12Cl3N3OS2/c24-16-6-4-14(5-7-16)21(30)29-23-20(19-2-1-9-31-19)28-22(32-23)15(12-27)10-13-3-8-17(25)18(26)11-13/h1-11H,(H,29,30)/b15-10+. The molecular formula is C23H12Cl3N3OS2. The third-order valence-electron chi connectivity index (χ3n) is 4.32. The molecule has 9 heteroatoms. The topological polar surface area (TPSA) is 65.8 Å². The number of benzene rings is 2. The van der Waals surface area contributed by atoms with Gasteiger partial charge in [0.15, 0.2) is 0 Å². The van der Waals surface area contributed by atoms with Gasteiger partial charge in [-0.2, -0.15) is 5.26 Å². The molecule has 1 N–H and O–H groups in total. The first-order valence-electron chi connectivity index (χ1n) is 9.13. The number of halogens is 3. The molecule has 0 spiro atoms. The average molecular weight is 517 g/mol. The fourth-order valence-corrected chi connectivity index (χ4v) is 4.95. The lowest BCUT2D eigenvalue weighted by Crippen LogP contribution is -2.11. The third-order valence-corrected chi connectivity index (χ3v) is 7.19. The summed E-state index contributed by atoms with van der Waals surface area (Å²) >= 11 is 20.7. The number of hydrogen-bond acceptors (Lipinski definition) is 5. The molecule has 4 nitrogen and oxygen atoms in total. The summed E-state index contributed by atoms with van der Waals surface area (Å²) < 4.78 is 0. The first kappa shape index (κ1) is 22.5. The van der Waals surface area contributed by atoms with Gasteiger partial charge < -0.3 is 5.32 Å². The number of allylic oxidation sites excluding steroid dienone is 1. The van der Waals surface area contributed by atoms with Crippen LogP contribution in [-0.4, -0.2) is 10.9 Å². The van der Waals surface area contributed by atoms with Crippen molar-refractivity contribution in [3.63, 3.8) is 0 Å². The van der Waals surface area contributed by atoms with Crippen molar-refractivity contribution in [3.8, 4) is 16.6 Å². The summed E-state index contributed by atoms with van der Waals surface area (Å²) in [6.45, 7) is 0. The predicted octanol–water partition coefficient (Wildman–Crippen LogP) is 8.15. The van der Waals surface area contributed by atoms with Crippen molar-refractivity contribution in [1.29, 1.82) is 5.26 Å². The molecular weight excluding hydrogens is 505 g/mol. The maximum Gasteiger partial charge on any atom is 0.256 e. The zero-order chi connectivity index (χ0) is 22.7. The SMILES string of the molecule is N#C/C(=C\c1ccc(Cl)c(Cl)c1)c1nc(-c2cccs2)c(NC(=O)c2ccc(Cl)cc2)s1. The van der Waals surface area contributed by atoms with Crippen LogP contribution >= 0.6 is 57.5 Å². The number of carbonyl (C=O) groups excluding carboxylic acids is 1. The second-order valence-electron chi connectivity index (χ2n) is 6.48. The Kier molecular flexibility index (Phi) is 6.95. The molecule has 1 amide bonds. The molecule has 0 radical (unpaired) electrons. The number of rotatable bonds is 5. The van der Waals surface area contributed by atoms with Crippen molar-refractivity contribution in [3.05, 3.63) is 91.2 Å². The molecule has 0 unspecified atom stereocenters. The summed E-state index contributed by atoms with van der Waals surface area (Å²) in [5.41, 5.74) is 2.14. The van der Waals surface area contributed by atoms with E-state index < -0.39 is 0 Å². The highest BCUT2D eigenvalue weighted by Crippen LogP contribution is 2.39. The minimum atomic E-state index is -0.290. The van der Waals surface area contributed by atoms with Crippen LogP contribution in [0.4, 0.5) is 5.00 Å². The predicted molar refractivity (Wildman–Crippen MR) is 135 cm³/mol. The molecule has 2 heterocycles. The highest BCUT2D eigenvalue weighted by Gasteiger charge is 2.19. The molecule has 0 saturated carbocycles. The van der Waals surface area contributed by atoms with Gasteiger partial charge in [-0.1, -0.05) is 58.3 Å². The van der Waals surface area contributed by atoms with Gasteiger partial charge in [0.2, 0.25) is 0 Å². The highest BCUT2D eigenvalue weighted by molar-refractivity contribution is 7.19. The number of thiophene rings is 1. The Morgan fingerprint density at radius 1 is 1.06 bits per heavy atom. The minimum Gasteiger partial charge on any atom is -0.312 e. The quantitative estimate of drug-likeness (QED) is 0.272. The fraction of sp³-hybridized carbons (Fsp3) is 0. The van der Waals surface area contributed by atoms with Crippen LogP contribution in [0.2, 0.25) is 15.1 Å². The Labute approximate surface area is 207 Å². The van der Waals surface area contributed by atoms with Gasteiger partial charge in [-0.3, -0.25) is 4.79 Å². The zero-order valence-corrected chi connectivity index (χ0v) is 20.0. The summed E-state index contributed by atoms with van der Waals surface area (Å²) in [5.74, 6) is -0.290. The highest BCUT2D eigenvalue weighted by atomic mass is 35.5. The van der Waals surface area contributed by atoms with E-state index in [1.807, 2.05) is 17.5 Å². The van der Waals surface area contributed by atoms with Crippen LogP contribution in [0.25, 0.3) is 22.2 Å². The number of nitrogens with one attached hydrogen (secondary N) is 1. The number of thiazole rings is 1. The number of carbonyl (C=O) groups is 1. The first-order chi connectivity index (χ1) is 15.4. The van der Waals surface area contributed by atoms with Gasteiger partial charge in [0.25, 0.3) is 5.91 Å². The van der Waals surface area contributed by atoms with Crippen molar-refractivity contribution < 1.29 is 4.79 Å². The summed E-state index contributed by atoms with van der Waals surface area (Å²) in [5, 5.41) is 17.0. The second-order valence-corrected chi connectivity index (χ2v) is 9.68. The van der Waals surface area contributed by atoms with Crippen LogP contribution in [0.3, 0.4) is 0 Å². The average Bonchev–Trinajstić information content (AvgIpc) is 3.45. The van der Waals surface area contributed by atoms with Crippen molar-refractivity contribution in [2.24, 2.45) is 0 Å². The summed E-state index contributed by atoms with van der Waals surface area (Å²) in [7, 11) is 0. The van der Waals surface area contributed by atoms with Crippen LogP contribution in [0.15, 0.2) is 60.0 Å². The number of nitriles is 1. The normalized spacial score (nSPS) is 11.2. The smallest absolute Gasteiger partial charge is 0.256 e. The maximum absolute atomic E-state index is 12.8. The molecule has 4 rings (SSSR count). The van der Waals surface area contributed by atoms with E-state index in [9.17, 15) is 10.1 Å². The lowest BCUT2D eigenvalue weighted by atomic mass is 10.1. The molecule has 0 saturated heterocycles. The molecule has 0 aliphatic carbocycles. The molecule has 32 heavy (non-hydrogen) atoms. The number of aromatic nitrogens is 1. The minimum absolute atomic E-state index is 0.290. The van der Waals surface area contributed by atoms with E-state index in [1.165, 1.54) is 22.7 Å². The van der Waals surface area contributed by atoms with E-state index in [0.717, 1.165) is 10.4 Å². The van der Waals surface area contributed by atoms with E-state index in [1.54, 1.807) is 48.5 Å². The second kappa shape index (κ2) is 9.86. The molecule has 0 aliphatic rings. The number of amides is 1. The van der Waals surface area contributed by atoms with E-state index in [4.69, 9.17) is 34.8 Å². The zero-order valence-electron chi connectivity index (χ0n) is 16.1. The molecule has 2 aromatic carbocycles. The number of hydrogen-bond donors (Lipinski definition) is 1. The van der Waals surface area contributed by atoms with Crippen LogP contribution in [0.1, 0.15) is 20.9 Å². The number of anilines is 1. The Morgan fingerprint density at radius 2 is 1.84 bits per heavy atom. The molecule has 0 bridgehead atoms. The third kappa shape index (κ3) is 5.04. The lowest BCUT2D eigenvalue weighted by molar-refractivity contribution is 0.102. The van der Waals surface area contributed by atoms with E-state index in [0.29, 0.717) is 41.9 Å². The van der Waals surface area contributed by atoms with Crippen molar-refractivity contribution in [2.45, 2.75) is 0 Å². The Bertz CT molecular complexity index is 1350. The van der Waals surface area contributed by atoms with E-state index in [-0.39, 0.29) is 5.91 Å². The number of nitrogens with zero attached hydrogens (tertiary/aromatic N) is 2. The maximum atomic E-state index is 12.8. The summed E-state index contributed by atoms with van der Waals surface area (Å²) in [6, 6.07) is 17.7. The monoisotopic (exact) mass is 515 g/mol. The van der Waals surface area contributed by atoms with Gasteiger partial charge in [0.1, 0.15) is 21.8 Å². The molecule has 2 aromatic heterocycles. The van der Waals surface area contributed by atoms with E-state index in [2.05, 4.69) is 16.4 Å². The van der Waals surface area contributed by atoms with Gasteiger partial charge in [0.05, 0.1) is 20.5 Å². The fourth-order valence-electron chi connectivity index (χ4n) is 2.79. The molecule has 158 valence electrons. The van der Waals surface area contributed by atoms with Crippen molar-refractivity contribution in [1.82, 2.24) is 4.98 Å². The Hall–Kier alpha value is -2.66. The van der Waals surface area contributed by atoms with Gasteiger partial charge in [-0.05, 0) is 59.5 Å². The lowest BCUT2D eigenvalue weighted by Gasteiger charge is -2.04. The summed E-state index contributed by atoms with van der Waals surface area (Å²) in [6.07, 6.45) is 1.68. The van der Waals surface area contributed by atoms with E-state index >= 15 is 0 Å². The molecule has 4 aromatic rings.